The zero-order chi connectivity index (χ0) is 21.6. The van der Waals surface area contributed by atoms with Gasteiger partial charge in [-0.25, -0.2) is 8.42 Å². The molecule has 0 saturated carbocycles. The monoisotopic (exact) mass is 420 g/mol. The van der Waals surface area contributed by atoms with Gasteiger partial charge in [-0.15, -0.1) is 0 Å². The second kappa shape index (κ2) is 9.84. The third-order valence-electron chi connectivity index (χ3n) is 4.80. The summed E-state index contributed by atoms with van der Waals surface area (Å²) in [5, 5.41) is 0. The van der Waals surface area contributed by atoms with Crippen LogP contribution in [-0.4, -0.2) is 52.4 Å². The number of nitroso groups, excluding NO2 is 1. The Kier molecular flexibility index (Phi) is 7.75. The number of fused-ring (bicyclic) bond motifs is 1. The molecule has 0 spiro atoms. The molecule has 1 heterocycles. The molecule has 2 aromatic rings. The summed E-state index contributed by atoms with van der Waals surface area (Å²) in [4.78, 5) is 13.6. The second-order valence-corrected chi connectivity index (χ2v) is 8.40. The first-order valence-corrected chi connectivity index (χ1v) is 11.2. The number of sulfonamides is 1. The summed E-state index contributed by atoms with van der Waals surface area (Å²) in [6.07, 6.45) is 1.76. The van der Waals surface area contributed by atoms with Gasteiger partial charge in [0.15, 0.2) is 7.05 Å². The first kappa shape index (κ1) is 22.8. The van der Waals surface area contributed by atoms with E-state index in [1.54, 1.807) is 0 Å². The predicted molar refractivity (Wildman–Crippen MR) is 116 cm³/mol. The van der Waals surface area contributed by atoms with E-state index in [2.05, 4.69) is 16.7 Å². The van der Waals surface area contributed by atoms with E-state index in [-0.39, 0.29) is 4.90 Å². The topological polar surface area (TPSA) is 78.7 Å². The number of nitrogens with one attached hydrogen (secondary N) is 1. The van der Waals surface area contributed by atoms with Crippen molar-refractivity contribution in [2.75, 3.05) is 39.0 Å². The van der Waals surface area contributed by atoms with Crippen molar-refractivity contribution in [3.63, 3.8) is 0 Å². The van der Waals surface area contributed by atoms with E-state index in [0.717, 1.165) is 31.5 Å². The Morgan fingerprint density at radius 2 is 1.59 bits per heavy atom. The fourth-order valence-electron chi connectivity index (χ4n) is 3.15. The van der Waals surface area contributed by atoms with Crippen molar-refractivity contribution in [3.05, 3.63) is 52.4 Å². The van der Waals surface area contributed by atoms with Crippen LogP contribution in [0.25, 0.3) is 0 Å². The molecule has 0 fully saturated rings. The number of rotatable bonds is 5. The van der Waals surface area contributed by atoms with Gasteiger partial charge in [0.25, 0.3) is 15.7 Å². The van der Waals surface area contributed by atoms with E-state index in [4.69, 9.17) is 4.74 Å². The van der Waals surface area contributed by atoms with Crippen LogP contribution in [0.15, 0.2) is 41.3 Å². The van der Waals surface area contributed by atoms with Crippen molar-refractivity contribution in [2.45, 2.75) is 31.6 Å². The average molecular weight is 421 g/mol. The Labute approximate surface area is 173 Å². The number of methoxy groups -OCH3 is 1. The lowest BCUT2D eigenvalue weighted by molar-refractivity contribution is -0.428. The van der Waals surface area contributed by atoms with E-state index < -0.39 is 10.0 Å². The maximum Gasteiger partial charge on any atom is 0.262 e. The van der Waals surface area contributed by atoms with Crippen molar-refractivity contribution in [1.82, 2.24) is 4.90 Å². The Morgan fingerprint density at radius 3 is 2.10 bits per heavy atom. The number of benzene rings is 2. The van der Waals surface area contributed by atoms with Gasteiger partial charge in [-0.05, 0) is 55.3 Å². The van der Waals surface area contributed by atoms with E-state index in [1.165, 1.54) is 44.0 Å². The van der Waals surface area contributed by atoms with Gasteiger partial charge in [0, 0.05) is 34.9 Å². The first-order chi connectivity index (χ1) is 13.8. The second-order valence-electron chi connectivity index (χ2n) is 6.72. The van der Waals surface area contributed by atoms with Crippen LogP contribution in [0.3, 0.4) is 0 Å². The number of hydrogen-bond donors (Lipinski definition) is 1. The maximum atomic E-state index is 12.8. The fraction of sp³-hybridized carbons (Fsp3) is 0.429. The SMILES string of the molecule is CC.COc1cc2c(cc1NS(=O)(=O)c1ccc([N+](C)=O)cc1)CCN(C)CC2. The molecular formula is C21H30N3O4S+. The van der Waals surface area contributed by atoms with Crippen LogP contribution in [0.5, 0.6) is 5.75 Å². The zero-order valence-corrected chi connectivity index (χ0v) is 18.5. The molecule has 0 bridgehead atoms. The minimum Gasteiger partial charge on any atom is -0.495 e. The number of likely N-dealkylation sites (N-methyl/N-ethyl adjacent to an activating group) is 1. The van der Waals surface area contributed by atoms with E-state index in [0.29, 0.717) is 21.9 Å². The van der Waals surface area contributed by atoms with Crippen LogP contribution in [0.2, 0.25) is 0 Å². The molecule has 29 heavy (non-hydrogen) atoms. The van der Waals surface area contributed by atoms with Crippen LogP contribution in [-0.2, 0) is 22.9 Å². The lowest BCUT2D eigenvalue weighted by atomic mass is 10.0. The third kappa shape index (κ3) is 5.55. The van der Waals surface area contributed by atoms with Crippen LogP contribution in [0.4, 0.5) is 11.4 Å². The lowest BCUT2D eigenvalue weighted by Crippen LogP contribution is -2.20. The van der Waals surface area contributed by atoms with Gasteiger partial charge < -0.3 is 9.64 Å². The van der Waals surface area contributed by atoms with Gasteiger partial charge in [-0.2, -0.15) is 0 Å². The summed E-state index contributed by atoms with van der Waals surface area (Å²) in [5.41, 5.74) is 3.12. The van der Waals surface area contributed by atoms with E-state index in [9.17, 15) is 13.3 Å². The van der Waals surface area contributed by atoms with Gasteiger partial charge in [0.1, 0.15) is 5.75 Å². The van der Waals surface area contributed by atoms with Crippen molar-refractivity contribution in [2.24, 2.45) is 0 Å². The Bertz CT molecular complexity index is 957. The van der Waals surface area contributed by atoms with Crippen molar-refractivity contribution in [1.29, 1.82) is 0 Å². The molecule has 0 amide bonds. The summed E-state index contributed by atoms with van der Waals surface area (Å²) in [6.45, 7) is 5.89. The summed E-state index contributed by atoms with van der Waals surface area (Å²) >= 11 is 0. The normalized spacial score (nSPS) is 14.1. The molecule has 3 rings (SSSR count). The van der Waals surface area contributed by atoms with E-state index in [1.807, 2.05) is 26.0 Å². The number of anilines is 1. The summed E-state index contributed by atoms with van der Waals surface area (Å²) in [6, 6.07) is 9.57. The highest BCUT2D eigenvalue weighted by Crippen LogP contribution is 2.32. The summed E-state index contributed by atoms with van der Waals surface area (Å²) in [7, 11) is 1.17. The third-order valence-corrected chi connectivity index (χ3v) is 6.18. The summed E-state index contributed by atoms with van der Waals surface area (Å²) in [5.74, 6) is 0.498. The molecule has 0 radical (unpaired) electrons. The minimum absolute atomic E-state index is 0.0878. The highest BCUT2D eigenvalue weighted by Gasteiger charge is 2.21. The summed E-state index contributed by atoms with van der Waals surface area (Å²) < 4.78 is 34.3. The van der Waals surface area contributed by atoms with Gasteiger partial charge in [-0.3, -0.25) is 4.72 Å². The molecule has 0 aliphatic carbocycles. The fourth-order valence-corrected chi connectivity index (χ4v) is 4.22. The quantitative estimate of drug-likeness (QED) is 0.748. The number of nitrogens with zero attached hydrogens (tertiary/aromatic N) is 2. The molecule has 0 unspecified atom stereocenters. The van der Waals surface area contributed by atoms with Gasteiger partial charge in [0.05, 0.1) is 17.7 Å². The highest BCUT2D eigenvalue weighted by molar-refractivity contribution is 7.92. The maximum absolute atomic E-state index is 12.8. The van der Waals surface area contributed by atoms with Crippen molar-refractivity contribution in [3.8, 4) is 5.75 Å². The first-order valence-electron chi connectivity index (χ1n) is 9.72. The van der Waals surface area contributed by atoms with E-state index >= 15 is 0 Å². The van der Waals surface area contributed by atoms with Gasteiger partial charge in [-0.1, -0.05) is 13.8 Å². The number of hydrogen-bond acceptors (Lipinski definition) is 5. The number of ether oxygens (including phenoxy) is 1. The molecular weight excluding hydrogens is 390 g/mol. The minimum atomic E-state index is -3.80. The molecule has 2 aromatic carbocycles. The van der Waals surface area contributed by atoms with Gasteiger partial charge in [0.2, 0.25) is 0 Å². The Hall–Kier alpha value is -2.45. The largest absolute Gasteiger partial charge is 0.495 e. The van der Waals surface area contributed by atoms with Crippen LogP contribution in [0, 0.1) is 4.91 Å². The molecule has 0 aromatic heterocycles. The zero-order valence-electron chi connectivity index (χ0n) is 17.7. The average Bonchev–Trinajstić information content (AvgIpc) is 2.90. The van der Waals surface area contributed by atoms with Crippen LogP contribution >= 0.6 is 0 Å². The van der Waals surface area contributed by atoms with Crippen molar-refractivity contribution < 1.29 is 17.9 Å². The predicted octanol–water partition coefficient (Wildman–Crippen LogP) is 3.59. The molecule has 7 nitrogen and oxygen atoms in total. The molecule has 1 aliphatic heterocycles. The lowest BCUT2D eigenvalue weighted by Gasteiger charge is -2.15. The molecule has 158 valence electrons. The molecule has 0 saturated heterocycles. The smallest absolute Gasteiger partial charge is 0.262 e. The van der Waals surface area contributed by atoms with Gasteiger partial charge >= 0.3 is 0 Å². The Balaban J connectivity index is 0.00000145. The Morgan fingerprint density at radius 1 is 1.03 bits per heavy atom. The van der Waals surface area contributed by atoms with Crippen molar-refractivity contribution >= 4 is 21.4 Å². The van der Waals surface area contributed by atoms with Crippen LogP contribution < -0.4 is 9.46 Å². The standard InChI is InChI=1S/C19H24N3O4S.C2H6/c1-21-10-8-14-12-18(19(26-3)13-15(14)9-11-21)20-27(24,25)17-6-4-16(5-7-17)22(2)23;1-2/h4-7,12-13,20H,8-11H2,1-3H3;1-2H3/q+1;. The molecule has 8 heteroatoms. The highest BCUT2D eigenvalue weighted by atomic mass is 32.2. The molecule has 0 atom stereocenters. The molecule has 1 aliphatic rings. The molecule has 1 N–H and O–H groups in total. The van der Waals surface area contributed by atoms with Crippen LogP contribution in [0.1, 0.15) is 25.0 Å².